The highest BCUT2D eigenvalue weighted by molar-refractivity contribution is 6.18. The molecule has 15 rings (SSSR count). The lowest BCUT2D eigenvalue weighted by molar-refractivity contribution is 0.660. The van der Waals surface area contributed by atoms with Gasteiger partial charge in [-0.2, -0.15) is 0 Å². The largest absolute Gasteiger partial charge is 0.455 e. The summed E-state index contributed by atoms with van der Waals surface area (Å²) < 4.78 is 19.8. The van der Waals surface area contributed by atoms with Crippen molar-refractivity contribution < 1.29 is 13.3 Å². The molecule has 0 radical (unpaired) electrons. The lowest BCUT2D eigenvalue weighted by atomic mass is 9.82. The number of para-hydroxylation sites is 4. The fourth-order valence-corrected chi connectivity index (χ4v) is 11.8. The summed E-state index contributed by atoms with van der Waals surface area (Å²) >= 11 is 0. The third kappa shape index (κ3) is 6.56. The summed E-state index contributed by atoms with van der Waals surface area (Å²) in [6, 6.07) is 81.7. The third-order valence-electron chi connectivity index (χ3n) is 15.5. The number of hydrogen-bond donors (Lipinski definition) is 2. The molecule has 5 heteroatoms. The van der Waals surface area contributed by atoms with E-state index >= 15 is 0 Å². The topological polar surface area (TPSA) is 63.5 Å². The Morgan fingerprint density at radius 1 is 0.311 bits per heavy atom. The zero-order valence-corrected chi connectivity index (χ0v) is 40.7. The first kappa shape index (κ1) is 42.1. The van der Waals surface area contributed by atoms with Crippen LogP contribution in [0.4, 0.5) is 22.7 Å². The van der Waals surface area contributed by atoms with Crippen molar-refractivity contribution in [1.82, 2.24) is 0 Å². The van der Waals surface area contributed by atoms with Crippen LogP contribution in [-0.2, 0) is 5.41 Å². The Labute approximate surface area is 426 Å². The van der Waals surface area contributed by atoms with Crippen LogP contribution in [0.25, 0.3) is 121 Å². The molecule has 0 saturated heterocycles. The highest BCUT2D eigenvalue weighted by Gasteiger charge is 2.36. The lowest BCUT2D eigenvalue weighted by Crippen LogP contribution is -2.14. The van der Waals surface area contributed by atoms with E-state index in [9.17, 15) is 0 Å². The second-order valence-electron chi connectivity index (χ2n) is 20.1. The molecule has 0 unspecified atom stereocenters. The minimum atomic E-state index is -0.0567. The van der Waals surface area contributed by atoms with Crippen LogP contribution in [0, 0.1) is 0 Å². The second kappa shape index (κ2) is 16.2. The lowest BCUT2D eigenvalue weighted by Gasteiger charge is -2.21. The number of rotatable bonds is 8. The monoisotopic (exact) mass is 950 g/mol. The molecule has 0 aliphatic heterocycles. The van der Waals surface area contributed by atoms with Crippen LogP contribution in [0.2, 0.25) is 0 Å². The van der Waals surface area contributed by atoms with Gasteiger partial charge in [-0.1, -0.05) is 172 Å². The van der Waals surface area contributed by atoms with Gasteiger partial charge in [0.15, 0.2) is 0 Å². The summed E-state index contributed by atoms with van der Waals surface area (Å²) in [7, 11) is 0. The maximum Gasteiger partial charge on any atom is 0.143 e. The number of benzene rings is 11. The maximum atomic E-state index is 6.78. The van der Waals surface area contributed by atoms with Gasteiger partial charge in [-0.25, -0.2) is 0 Å². The highest BCUT2D eigenvalue weighted by Crippen LogP contribution is 2.52. The molecule has 1 aliphatic carbocycles. The van der Waals surface area contributed by atoms with Gasteiger partial charge in [-0.3, -0.25) is 0 Å². The Balaban J connectivity index is 0.719. The zero-order chi connectivity index (χ0) is 49.1. The average molecular weight is 951 g/mol. The van der Waals surface area contributed by atoms with Crippen molar-refractivity contribution in [2.24, 2.45) is 0 Å². The predicted octanol–water partition coefficient (Wildman–Crippen LogP) is 19.8. The summed E-state index contributed by atoms with van der Waals surface area (Å²) in [6.45, 7) is 4.64. The van der Waals surface area contributed by atoms with Crippen molar-refractivity contribution in [3.8, 4) is 55.6 Å². The van der Waals surface area contributed by atoms with Gasteiger partial charge in [0.1, 0.15) is 33.5 Å². The molecule has 350 valence electrons. The summed E-state index contributed by atoms with van der Waals surface area (Å²) in [4.78, 5) is 0. The van der Waals surface area contributed by atoms with Gasteiger partial charge < -0.3 is 23.9 Å². The van der Waals surface area contributed by atoms with Crippen LogP contribution in [0.1, 0.15) is 25.0 Å². The first-order valence-corrected chi connectivity index (χ1v) is 25.3. The van der Waals surface area contributed by atoms with E-state index in [1.165, 1.54) is 22.3 Å². The van der Waals surface area contributed by atoms with E-state index in [1.807, 2.05) is 18.2 Å². The Kier molecular flexibility index (Phi) is 9.24. The van der Waals surface area contributed by atoms with Crippen molar-refractivity contribution in [1.29, 1.82) is 0 Å². The minimum Gasteiger partial charge on any atom is -0.455 e. The van der Waals surface area contributed by atoms with Crippen LogP contribution >= 0.6 is 0 Å². The van der Waals surface area contributed by atoms with Crippen LogP contribution in [0.15, 0.2) is 244 Å². The zero-order valence-electron chi connectivity index (χ0n) is 40.7. The molecule has 0 saturated carbocycles. The smallest absolute Gasteiger partial charge is 0.143 e. The maximum absolute atomic E-state index is 6.78. The third-order valence-corrected chi connectivity index (χ3v) is 15.5. The standard InChI is InChI=1S/C69H46N2O3/c1-69(2)58-19-6-3-13-55(58)65-59(69)20-11-21-60(65)71-47-35-28-43(29-36-47)51-38-37-48(64-56-14-5-8-23-62(56)74-68(51)64)44-30-39-63-57(40-44)54-18-10-16-50(67(54)73-63)42-26-33-46(34-27-42)70-45-31-24-41(25-32-45)49-15-9-17-53-52-12-4-7-22-61(52)72-66(49)53/h3-40,70-71H,1-2H3. The molecule has 14 aromatic rings. The van der Waals surface area contributed by atoms with Gasteiger partial charge in [-0.15, -0.1) is 0 Å². The van der Waals surface area contributed by atoms with E-state index in [4.69, 9.17) is 13.3 Å². The number of fused-ring (bicyclic) bond motifs is 12. The fraction of sp³-hybridized carbons (Fsp3) is 0.0435. The number of hydrogen-bond acceptors (Lipinski definition) is 5. The first-order chi connectivity index (χ1) is 36.4. The van der Waals surface area contributed by atoms with Gasteiger partial charge in [0.2, 0.25) is 0 Å². The highest BCUT2D eigenvalue weighted by atomic mass is 16.3. The summed E-state index contributed by atoms with van der Waals surface area (Å²) in [6.07, 6.45) is 0. The van der Waals surface area contributed by atoms with E-state index in [2.05, 4.69) is 237 Å². The van der Waals surface area contributed by atoms with Crippen molar-refractivity contribution >= 4 is 88.6 Å². The van der Waals surface area contributed by atoms with Gasteiger partial charge in [0.25, 0.3) is 0 Å². The average Bonchev–Trinajstić information content (AvgIpc) is 4.20. The summed E-state index contributed by atoms with van der Waals surface area (Å²) in [5.74, 6) is 0. The molecular weight excluding hydrogens is 905 g/mol. The molecule has 3 aromatic heterocycles. The Morgan fingerprint density at radius 3 is 1.45 bits per heavy atom. The Bertz CT molecular complexity index is 4550. The molecule has 5 nitrogen and oxygen atoms in total. The fourth-order valence-electron chi connectivity index (χ4n) is 11.8. The van der Waals surface area contributed by atoms with Crippen LogP contribution < -0.4 is 10.6 Å². The second-order valence-corrected chi connectivity index (χ2v) is 20.1. The number of anilines is 4. The Hall–Kier alpha value is -9.58. The first-order valence-electron chi connectivity index (χ1n) is 25.3. The van der Waals surface area contributed by atoms with E-state index < -0.39 is 0 Å². The molecule has 74 heavy (non-hydrogen) atoms. The van der Waals surface area contributed by atoms with Crippen LogP contribution in [0.5, 0.6) is 0 Å². The van der Waals surface area contributed by atoms with Crippen LogP contribution in [0.3, 0.4) is 0 Å². The van der Waals surface area contributed by atoms with Crippen molar-refractivity contribution in [3.05, 3.63) is 242 Å². The number of furan rings is 3. The summed E-state index contributed by atoms with van der Waals surface area (Å²) in [5.41, 5.74) is 23.3. The van der Waals surface area contributed by atoms with Crippen molar-refractivity contribution in [3.63, 3.8) is 0 Å². The molecule has 3 heterocycles. The molecule has 2 N–H and O–H groups in total. The molecule has 11 aromatic carbocycles. The summed E-state index contributed by atoms with van der Waals surface area (Å²) in [5, 5.41) is 14.0. The number of nitrogens with one attached hydrogen (secondary N) is 2. The molecule has 1 aliphatic rings. The van der Waals surface area contributed by atoms with Crippen molar-refractivity contribution in [2.75, 3.05) is 10.6 Å². The molecule has 0 bridgehead atoms. The molecule has 0 atom stereocenters. The van der Waals surface area contributed by atoms with Crippen LogP contribution in [-0.4, -0.2) is 0 Å². The van der Waals surface area contributed by atoms with Crippen molar-refractivity contribution in [2.45, 2.75) is 19.3 Å². The molecule has 0 amide bonds. The van der Waals surface area contributed by atoms with E-state index in [1.54, 1.807) is 0 Å². The quantitative estimate of drug-likeness (QED) is 0.159. The predicted molar refractivity (Wildman–Crippen MR) is 307 cm³/mol. The van der Waals surface area contributed by atoms with E-state index in [0.29, 0.717) is 0 Å². The molecule has 0 fully saturated rings. The minimum absolute atomic E-state index is 0.0567. The van der Waals surface area contributed by atoms with Gasteiger partial charge >= 0.3 is 0 Å². The Morgan fingerprint density at radius 2 is 0.770 bits per heavy atom. The normalized spacial score (nSPS) is 12.8. The van der Waals surface area contributed by atoms with Gasteiger partial charge in [-0.05, 0) is 117 Å². The molecule has 0 spiro atoms. The SMILES string of the molecule is CC1(C)c2ccccc2-c2c(Nc3ccc(-c4ccc(-c5ccc6oc7c(-c8ccc(Nc9ccc(-c%10cccc%11c%10oc%10ccccc%10%11)cc9)cc8)cccc7c6c5)c5c4oc4ccccc45)cc3)cccc21. The van der Waals surface area contributed by atoms with E-state index in [0.717, 1.165) is 133 Å². The molecular formula is C69H46N2O3. The van der Waals surface area contributed by atoms with Gasteiger partial charge in [0, 0.05) is 82.7 Å². The van der Waals surface area contributed by atoms with Gasteiger partial charge in [0.05, 0.1) is 0 Å². The van der Waals surface area contributed by atoms with E-state index in [-0.39, 0.29) is 5.41 Å².